The van der Waals surface area contributed by atoms with E-state index >= 15 is 0 Å². The van der Waals surface area contributed by atoms with E-state index in [0.29, 0.717) is 22.7 Å². The fraction of sp³-hybridized carbons (Fsp3) is 0.188. The highest BCUT2D eigenvalue weighted by molar-refractivity contribution is 7.90. The molecular weight excluding hydrogens is 318 g/mol. The van der Waals surface area contributed by atoms with Gasteiger partial charge in [-0.2, -0.15) is 0 Å². The molecule has 0 unspecified atom stereocenters. The highest BCUT2D eigenvalue weighted by Gasteiger charge is 2.13. The molecule has 0 heterocycles. The third-order valence-electron chi connectivity index (χ3n) is 3.20. The first kappa shape index (κ1) is 16.8. The van der Waals surface area contributed by atoms with Crippen molar-refractivity contribution < 1.29 is 22.7 Å². The summed E-state index contributed by atoms with van der Waals surface area (Å²) in [5.74, 6) is 0.692. The van der Waals surface area contributed by atoms with Crippen molar-refractivity contribution in [3.63, 3.8) is 0 Å². The van der Waals surface area contributed by atoms with Crippen molar-refractivity contribution in [1.82, 2.24) is 0 Å². The Balaban J connectivity index is 2.25. The lowest BCUT2D eigenvalue weighted by molar-refractivity contribution is 0.102. The summed E-state index contributed by atoms with van der Waals surface area (Å²) in [6.07, 6.45) is 1.11. The van der Waals surface area contributed by atoms with Gasteiger partial charge in [0.15, 0.2) is 9.84 Å². The third-order valence-corrected chi connectivity index (χ3v) is 4.33. The molecule has 0 fully saturated rings. The first-order valence-electron chi connectivity index (χ1n) is 6.68. The van der Waals surface area contributed by atoms with E-state index in [1.165, 1.54) is 38.5 Å². The van der Waals surface area contributed by atoms with Gasteiger partial charge in [0.1, 0.15) is 11.5 Å². The van der Waals surface area contributed by atoms with E-state index < -0.39 is 9.84 Å². The minimum atomic E-state index is -3.29. The van der Waals surface area contributed by atoms with Gasteiger partial charge >= 0.3 is 0 Å². The number of anilines is 1. The SMILES string of the molecule is COc1ccc(OC)c(NC(=O)c2ccc(S(C)(=O)=O)cc2)c1. The Morgan fingerprint density at radius 3 is 2.17 bits per heavy atom. The van der Waals surface area contributed by atoms with Gasteiger partial charge in [-0.3, -0.25) is 4.79 Å². The fourth-order valence-corrected chi connectivity index (χ4v) is 2.59. The zero-order chi connectivity index (χ0) is 17.0. The zero-order valence-electron chi connectivity index (χ0n) is 13.0. The van der Waals surface area contributed by atoms with Crippen LogP contribution in [0.4, 0.5) is 5.69 Å². The summed E-state index contributed by atoms with van der Waals surface area (Å²) in [6, 6.07) is 10.7. The third kappa shape index (κ3) is 4.01. The molecule has 2 aromatic carbocycles. The molecule has 2 aromatic rings. The van der Waals surface area contributed by atoms with E-state index in [1.807, 2.05) is 0 Å². The molecule has 0 saturated carbocycles. The standard InChI is InChI=1S/C16H17NO5S/c1-21-12-6-9-15(22-2)14(10-12)17-16(18)11-4-7-13(8-5-11)23(3,19)20/h4-10H,1-3H3,(H,17,18). The van der Waals surface area contributed by atoms with Gasteiger partial charge in [-0.05, 0) is 36.4 Å². The minimum Gasteiger partial charge on any atom is -0.497 e. The average molecular weight is 335 g/mol. The molecule has 122 valence electrons. The van der Waals surface area contributed by atoms with Crippen LogP contribution in [0.15, 0.2) is 47.4 Å². The topological polar surface area (TPSA) is 81.7 Å². The number of amides is 1. The number of carbonyl (C=O) groups excluding carboxylic acids is 1. The molecule has 0 aliphatic heterocycles. The lowest BCUT2D eigenvalue weighted by Crippen LogP contribution is -2.13. The summed E-state index contributed by atoms with van der Waals surface area (Å²) in [6.45, 7) is 0. The number of carbonyl (C=O) groups is 1. The quantitative estimate of drug-likeness (QED) is 0.907. The van der Waals surface area contributed by atoms with E-state index in [4.69, 9.17) is 9.47 Å². The second-order valence-electron chi connectivity index (χ2n) is 4.82. The van der Waals surface area contributed by atoms with Crippen LogP contribution >= 0.6 is 0 Å². The van der Waals surface area contributed by atoms with Crippen molar-refractivity contribution in [3.8, 4) is 11.5 Å². The first-order valence-corrected chi connectivity index (χ1v) is 8.58. The number of methoxy groups -OCH3 is 2. The predicted molar refractivity (Wildman–Crippen MR) is 87.1 cm³/mol. The smallest absolute Gasteiger partial charge is 0.255 e. The Morgan fingerprint density at radius 2 is 1.65 bits per heavy atom. The summed E-state index contributed by atoms with van der Waals surface area (Å²) < 4.78 is 33.2. The molecule has 1 N–H and O–H groups in total. The maximum absolute atomic E-state index is 12.3. The Hall–Kier alpha value is -2.54. The minimum absolute atomic E-state index is 0.160. The summed E-state index contributed by atoms with van der Waals surface area (Å²) in [4.78, 5) is 12.4. The number of nitrogens with one attached hydrogen (secondary N) is 1. The van der Waals surface area contributed by atoms with E-state index in [9.17, 15) is 13.2 Å². The van der Waals surface area contributed by atoms with E-state index in [1.54, 1.807) is 18.2 Å². The number of rotatable bonds is 5. The molecule has 0 atom stereocenters. The summed E-state index contributed by atoms with van der Waals surface area (Å²) in [5.41, 5.74) is 0.798. The molecule has 7 heteroatoms. The summed E-state index contributed by atoms with van der Waals surface area (Å²) in [7, 11) is -0.269. The van der Waals surface area contributed by atoms with Gasteiger partial charge in [0.25, 0.3) is 5.91 Å². The Labute approximate surface area is 135 Å². The van der Waals surface area contributed by atoms with Crippen LogP contribution in [0.5, 0.6) is 11.5 Å². The second kappa shape index (κ2) is 6.70. The number of benzene rings is 2. The first-order chi connectivity index (χ1) is 10.8. The van der Waals surface area contributed by atoms with Crippen LogP contribution in [-0.4, -0.2) is 34.8 Å². The number of hydrogen-bond donors (Lipinski definition) is 1. The fourth-order valence-electron chi connectivity index (χ4n) is 1.96. The maximum Gasteiger partial charge on any atom is 0.255 e. The summed E-state index contributed by atoms with van der Waals surface area (Å²) >= 11 is 0. The van der Waals surface area contributed by atoms with Crippen molar-refractivity contribution in [3.05, 3.63) is 48.0 Å². The summed E-state index contributed by atoms with van der Waals surface area (Å²) in [5, 5.41) is 2.72. The van der Waals surface area contributed by atoms with Crippen LogP contribution in [0, 0.1) is 0 Å². The van der Waals surface area contributed by atoms with Crippen LogP contribution in [0.2, 0.25) is 0 Å². The molecule has 23 heavy (non-hydrogen) atoms. The molecule has 2 rings (SSSR count). The van der Waals surface area contributed by atoms with Crippen molar-refractivity contribution in [2.75, 3.05) is 25.8 Å². The predicted octanol–water partition coefficient (Wildman–Crippen LogP) is 2.36. The van der Waals surface area contributed by atoms with Crippen molar-refractivity contribution in [2.24, 2.45) is 0 Å². The number of hydrogen-bond acceptors (Lipinski definition) is 5. The Morgan fingerprint density at radius 1 is 1.00 bits per heavy atom. The van der Waals surface area contributed by atoms with Crippen LogP contribution in [0.25, 0.3) is 0 Å². The van der Waals surface area contributed by atoms with Crippen molar-refractivity contribution in [1.29, 1.82) is 0 Å². The highest BCUT2D eigenvalue weighted by Crippen LogP contribution is 2.29. The Bertz CT molecular complexity index is 813. The maximum atomic E-state index is 12.3. The molecule has 6 nitrogen and oxygen atoms in total. The average Bonchev–Trinajstić information content (AvgIpc) is 2.54. The van der Waals surface area contributed by atoms with Gasteiger partial charge < -0.3 is 14.8 Å². The van der Waals surface area contributed by atoms with Crippen molar-refractivity contribution in [2.45, 2.75) is 4.90 Å². The lowest BCUT2D eigenvalue weighted by atomic mass is 10.2. The normalized spacial score (nSPS) is 10.9. The van der Waals surface area contributed by atoms with Crippen LogP contribution in [0.3, 0.4) is 0 Å². The van der Waals surface area contributed by atoms with Crippen LogP contribution in [-0.2, 0) is 9.84 Å². The molecule has 0 spiro atoms. The molecule has 0 radical (unpaired) electrons. The van der Waals surface area contributed by atoms with E-state index in [0.717, 1.165) is 6.26 Å². The van der Waals surface area contributed by atoms with E-state index in [2.05, 4.69) is 5.32 Å². The number of ether oxygens (including phenoxy) is 2. The lowest BCUT2D eigenvalue weighted by Gasteiger charge is -2.12. The van der Waals surface area contributed by atoms with Crippen LogP contribution < -0.4 is 14.8 Å². The van der Waals surface area contributed by atoms with Crippen LogP contribution in [0.1, 0.15) is 10.4 Å². The largest absolute Gasteiger partial charge is 0.497 e. The molecule has 1 amide bonds. The monoisotopic (exact) mass is 335 g/mol. The molecule has 0 aliphatic carbocycles. The van der Waals surface area contributed by atoms with Gasteiger partial charge in [-0.15, -0.1) is 0 Å². The van der Waals surface area contributed by atoms with Gasteiger partial charge in [-0.1, -0.05) is 0 Å². The Kier molecular flexibility index (Phi) is 4.90. The molecule has 0 aromatic heterocycles. The van der Waals surface area contributed by atoms with Gasteiger partial charge in [0.2, 0.25) is 0 Å². The highest BCUT2D eigenvalue weighted by atomic mass is 32.2. The molecular formula is C16H17NO5S. The number of sulfone groups is 1. The van der Waals surface area contributed by atoms with Crippen molar-refractivity contribution >= 4 is 21.4 Å². The molecule has 0 saturated heterocycles. The van der Waals surface area contributed by atoms with Gasteiger partial charge in [0.05, 0.1) is 24.8 Å². The van der Waals surface area contributed by atoms with Gasteiger partial charge in [-0.25, -0.2) is 8.42 Å². The molecule has 0 aliphatic rings. The van der Waals surface area contributed by atoms with Gasteiger partial charge in [0, 0.05) is 17.9 Å². The second-order valence-corrected chi connectivity index (χ2v) is 6.83. The van der Waals surface area contributed by atoms with E-state index in [-0.39, 0.29) is 10.8 Å². The molecule has 0 bridgehead atoms. The zero-order valence-corrected chi connectivity index (χ0v) is 13.8.